The van der Waals surface area contributed by atoms with Gasteiger partial charge in [0, 0.05) is 30.7 Å². The van der Waals surface area contributed by atoms with Crippen LogP contribution in [0.1, 0.15) is 12.8 Å². The Morgan fingerprint density at radius 1 is 1.24 bits per heavy atom. The van der Waals surface area contributed by atoms with Crippen molar-refractivity contribution in [1.29, 1.82) is 0 Å². The maximum absolute atomic E-state index is 6.05. The Kier molecular flexibility index (Phi) is 2.89. The van der Waals surface area contributed by atoms with E-state index in [1.54, 1.807) is 0 Å². The first kappa shape index (κ1) is 11.2. The van der Waals surface area contributed by atoms with E-state index >= 15 is 0 Å². The SMILES string of the molecule is Nc1cc(Cl)ccc1N1CCN2CCCC2C1. The van der Waals surface area contributed by atoms with Crippen molar-refractivity contribution in [3.05, 3.63) is 23.2 Å². The third kappa shape index (κ3) is 2.09. The van der Waals surface area contributed by atoms with Crippen LogP contribution in [0.15, 0.2) is 18.2 Å². The Morgan fingerprint density at radius 2 is 2.12 bits per heavy atom. The van der Waals surface area contributed by atoms with Crippen molar-refractivity contribution in [3.63, 3.8) is 0 Å². The maximum atomic E-state index is 6.05. The minimum Gasteiger partial charge on any atom is -0.397 e. The van der Waals surface area contributed by atoms with Gasteiger partial charge in [-0.05, 0) is 37.6 Å². The van der Waals surface area contributed by atoms with E-state index in [2.05, 4.69) is 9.80 Å². The van der Waals surface area contributed by atoms with E-state index in [0.717, 1.165) is 37.1 Å². The number of nitrogens with zero attached hydrogens (tertiary/aromatic N) is 2. The van der Waals surface area contributed by atoms with E-state index in [-0.39, 0.29) is 0 Å². The molecular weight excluding hydrogens is 234 g/mol. The molecule has 3 rings (SSSR count). The molecule has 0 aromatic heterocycles. The van der Waals surface area contributed by atoms with Gasteiger partial charge in [-0.3, -0.25) is 4.90 Å². The lowest BCUT2D eigenvalue weighted by Gasteiger charge is -2.39. The van der Waals surface area contributed by atoms with E-state index in [1.165, 1.54) is 19.4 Å². The Bertz CT molecular complexity index is 421. The number of halogens is 1. The summed E-state index contributed by atoms with van der Waals surface area (Å²) in [6.45, 7) is 4.61. The van der Waals surface area contributed by atoms with Crippen LogP contribution in [0, 0.1) is 0 Å². The summed E-state index contributed by atoms with van der Waals surface area (Å²) >= 11 is 5.94. The normalized spacial score (nSPS) is 25.0. The summed E-state index contributed by atoms with van der Waals surface area (Å²) in [5.74, 6) is 0. The van der Waals surface area contributed by atoms with E-state index in [9.17, 15) is 0 Å². The molecule has 2 fully saturated rings. The van der Waals surface area contributed by atoms with Crippen molar-refractivity contribution >= 4 is 23.0 Å². The molecule has 2 saturated heterocycles. The molecule has 3 nitrogen and oxygen atoms in total. The summed E-state index contributed by atoms with van der Waals surface area (Å²) in [7, 11) is 0. The Morgan fingerprint density at radius 3 is 2.94 bits per heavy atom. The number of rotatable bonds is 1. The quantitative estimate of drug-likeness (QED) is 0.777. The average molecular weight is 252 g/mol. The fraction of sp³-hybridized carbons (Fsp3) is 0.538. The molecular formula is C13H18ClN3. The van der Waals surface area contributed by atoms with Crippen LogP contribution in [-0.4, -0.2) is 37.1 Å². The van der Waals surface area contributed by atoms with Crippen molar-refractivity contribution in [2.24, 2.45) is 0 Å². The number of hydrogen-bond acceptors (Lipinski definition) is 3. The molecule has 2 aliphatic rings. The minimum absolute atomic E-state index is 0.714. The number of anilines is 2. The number of piperazine rings is 1. The summed E-state index contributed by atoms with van der Waals surface area (Å²) in [5, 5.41) is 0.714. The molecule has 1 aromatic carbocycles. The zero-order chi connectivity index (χ0) is 11.8. The fourth-order valence-electron chi connectivity index (χ4n) is 3.02. The van der Waals surface area contributed by atoms with Gasteiger partial charge in [-0.25, -0.2) is 0 Å². The van der Waals surface area contributed by atoms with Crippen molar-refractivity contribution in [2.45, 2.75) is 18.9 Å². The molecule has 1 aromatic rings. The van der Waals surface area contributed by atoms with Gasteiger partial charge in [-0.1, -0.05) is 11.6 Å². The number of nitrogen functional groups attached to an aromatic ring is 1. The lowest BCUT2D eigenvalue weighted by molar-refractivity contribution is 0.231. The molecule has 0 saturated carbocycles. The van der Waals surface area contributed by atoms with Gasteiger partial charge in [-0.2, -0.15) is 0 Å². The molecule has 0 radical (unpaired) electrons. The average Bonchev–Trinajstić information content (AvgIpc) is 2.75. The molecule has 2 aliphatic heterocycles. The molecule has 17 heavy (non-hydrogen) atoms. The highest BCUT2D eigenvalue weighted by Crippen LogP contribution is 2.30. The Hall–Kier alpha value is -0.930. The summed E-state index contributed by atoms with van der Waals surface area (Å²) in [6, 6.07) is 6.54. The monoisotopic (exact) mass is 251 g/mol. The second-order valence-electron chi connectivity index (χ2n) is 4.98. The van der Waals surface area contributed by atoms with Crippen LogP contribution >= 0.6 is 11.6 Å². The third-order valence-corrected chi connectivity index (χ3v) is 4.15. The molecule has 0 bridgehead atoms. The van der Waals surface area contributed by atoms with Crippen LogP contribution in [0.5, 0.6) is 0 Å². The van der Waals surface area contributed by atoms with E-state index in [1.807, 2.05) is 18.2 Å². The van der Waals surface area contributed by atoms with Gasteiger partial charge < -0.3 is 10.6 Å². The van der Waals surface area contributed by atoms with Gasteiger partial charge in [0.1, 0.15) is 0 Å². The molecule has 92 valence electrons. The second-order valence-corrected chi connectivity index (χ2v) is 5.42. The number of fused-ring (bicyclic) bond motifs is 1. The van der Waals surface area contributed by atoms with E-state index in [4.69, 9.17) is 17.3 Å². The third-order valence-electron chi connectivity index (χ3n) is 3.92. The fourth-order valence-corrected chi connectivity index (χ4v) is 3.20. The first-order valence-corrected chi connectivity index (χ1v) is 6.66. The van der Waals surface area contributed by atoms with Crippen molar-refractivity contribution in [3.8, 4) is 0 Å². The summed E-state index contributed by atoms with van der Waals surface area (Å²) < 4.78 is 0. The van der Waals surface area contributed by atoms with Crippen molar-refractivity contribution < 1.29 is 0 Å². The number of hydrogen-bond donors (Lipinski definition) is 1. The lowest BCUT2D eigenvalue weighted by atomic mass is 10.1. The van der Waals surface area contributed by atoms with E-state index in [0.29, 0.717) is 5.02 Å². The largest absolute Gasteiger partial charge is 0.397 e. The molecule has 1 unspecified atom stereocenters. The Balaban J connectivity index is 1.80. The van der Waals surface area contributed by atoms with Crippen molar-refractivity contribution in [1.82, 2.24) is 4.90 Å². The highest BCUT2D eigenvalue weighted by molar-refractivity contribution is 6.31. The minimum atomic E-state index is 0.714. The van der Waals surface area contributed by atoms with Gasteiger partial charge in [0.25, 0.3) is 0 Å². The van der Waals surface area contributed by atoms with Gasteiger partial charge in [0.15, 0.2) is 0 Å². The summed E-state index contributed by atoms with van der Waals surface area (Å²) in [4.78, 5) is 5.00. The molecule has 2 heterocycles. The predicted octanol–water partition coefficient (Wildman–Crippen LogP) is 2.21. The van der Waals surface area contributed by atoms with Crippen molar-refractivity contribution in [2.75, 3.05) is 36.8 Å². The first-order chi connectivity index (χ1) is 8.24. The van der Waals surface area contributed by atoms with Gasteiger partial charge >= 0.3 is 0 Å². The van der Waals surface area contributed by atoms with Crippen LogP contribution in [0.2, 0.25) is 5.02 Å². The van der Waals surface area contributed by atoms with Crippen LogP contribution in [-0.2, 0) is 0 Å². The highest BCUT2D eigenvalue weighted by atomic mass is 35.5. The lowest BCUT2D eigenvalue weighted by Crippen LogP contribution is -2.50. The molecule has 2 N–H and O–H groups in total. The smallest absolute Gasteiger partial charge is 0.0601 e. The van der Waals surface area contributed by atoms with E-state index < -0.39 is 0 Å². The standard InChI is InChI=1S/C13H18ClN3/c14-10-3-4-13(12(15)8-10)17-7-6-16-5-1-2-11(16)9-17/h3-4,8,11H,1-2,5-7,9,15H2. The maximum Gasteiger partial charge on any atom is 0.0601 e. The molecule has 0 amide bonds. The molecule has 0 spiro atoms. The molecule has 0 aliphatic carbocycles. The first-order valence-electron chi connectivity index (χ1n) is 6.28. The van der Waals surface area contributed by atoms with Gasteiger partial charge in [0.05, 0.1) is 11.4 Å². The van der Waals surface area contributed by atoms with Gasteiger partial charge in [0.2, 0.25) is 0 Å². The van der Waals surface area contributed by atoms with Crippen LogP contribution in [0.4, 0.5) is 11.4 Å². The topological polar surface area (TPSA) is 32.5 Å². The summed E-state index contributed by atoms with van der Waals surface area (Å²) in [6.07, 6.45) is 2.67. The van der Waals surface area contributed by atoms with Gasteiger partial charge in [-0.15, -0.1) is 0 Å². The highest BCUT2D eigenvalue weighted by Gasteiger charge is 2.30. The number of nitrogens with two attached hydrogens (primary N) is 1. The zero-order valence-electron chi connectivity index (χ0n) is 9.90. The van der Waals surface area contributed by atoms with Crippen LogP contribution in [0.3, 0.4) is 0 Å². The van der Waals surface area contributed by atoms with Crippen LogP contribution < -0.4 is 10.6 Å². The molecule has 4 heteroatoms. The van der Waals surface area contributed by atoms with Crippen LogP contribution in [0.25, 0.3) is 0 Å². The Labute approximate surface area is 107 Å². The second kappa shape index (κ2) is 4.39. The zero-order valence-corrected chi connectivity index (χ0v) is 10.7. The predicted molar refractivity (Wildman–Crippen MR) is 72.7 cm³/mol. The summed E-state index contributed by atoms with van der Waals surface area (Å²) in [5.41, 5.74) is 7.98. The molecule has 1 atom stereocenters. The number of benzene rings is 1.